The third-order valence-electron chi connectivity index (χ3n) is 3.03. The van der Waals surface area contributed by atoms with Gasteiger partial charge in [-0.05, 0) is 34.7 Å². The van der Waals surface area contributed by atoms with Crippen LogP contribution >= 0.6 is 22.6 Å². The van der Waals surface area contributed by atoms with Crippen LogP contribution < -0.4 is 10.0 Å². The van der Waals surface area contributed by atoms with Gasteiger partial charge >= 0.3 is 0 Å². The Bertz CT molecular complexity index is 515. The number of nitrogens with zero attached hydrogens (tertiary/aromatic N) is 1. The molecule has 0 atom stereocenters. The van der Waals surface area contributed by atoms with Crippen molar-refractivity contribution in [2.45, 2.75) is 0 Å². The third-order valence-corrected chi connectivity index (χ3v) is 5.22. The molecule has 106 valence electrons. The molecule has 0 saturated carbocycles. The van der Waals surface area contributed by atoms with Crippen LogP contribution in [0.5, 0.6) is 0 Å². The maximum absolute atomic E-state index is 12.0. The first-order valence-corrected chi connectivity index (χ1v) is 8.98. The van der Waals surface area contributed by atoms with Gasteiger partial charge < -0.3 is 5.32 Å². The molecule has 0 spiro atoms. The molecule has 1 fully saturated rings. The first-order valence-electron chi connectivity index (χ1n) is 6.25. The molecule has 5 nitrogen and oxygen atoms in total. The fraction of sp³-hybridized carbons (Fsp3) is 0.500. The minimum Gasteiger partial charge on any atom is -0.314 e. The summed E-state index contributed by atoms with van der Waals surface area (Å²) in [6.45, 7) is 4.28. The van der Waals surface area contributed by atoms with Crippen molar-refractivity contribution >= 4 is 38.3 Å². The molecule has 2 rings (SSSR count). The second-order valence-corrected chi connectivity index (χ2v) is 7.50. The Kier molecular flexibility index (Phi) is 5.43. The predicted octanol–water partition coefficient (Wildman–Crippen LogP) is 0.938. The molecular formula is C12H18IN3O2S. The van der Waals surface area contributed by atoms with Crippen LogP contribution in [0, 0.1) is 3.57 Å². The molecule has 0 aromatic heterocycles. The van der Waals surface area contributed by atoms with E-state index in [9.17, 15) is 8.42 Å². The van der Waals surface area contributed by atoms with Crippen molar-refractivity contribution in [1.82, 2.24) is 10.2 Å². The van der Waals surface area contributed by atoms with E-state index in [1.54, 1.807) is 6.07 Å². The van der Waals surface area contributed by atoms with Gasteiger partial charge in [-0.15, -0.1) is 0 Å². The number of anilines is 1. The molecule has 1 aromatic carbocycles. The van der Waals surface area contributed by atoms with E-state index in [-0.39, 0.29) is 5.75 Å². The lowest BCUT2D eigenvalue weighted by atomic mass is 10.3. The van der Waals surface area contributed by atoms with Crippen LogP contribution in [-0.4, -0.2) is 51.8 Å². The second-order valence-electron chi connectivity index (χ2n) is 4.49. The molecule has 1 aromatic rings. The van der Waals surface area contributed by atoms with Gasteiger partial charge in [-0.1, -0.05) is 12.1 Å². The molecule has 2 N–H and O–H groups in total. The van der Waals surface area contributed by atoms with Crippen LogP contribution in [0.25, 0.3) is 0 Å². The van der Waals surface area contributed by atoms with Crippen molar-refractivity contribution in [3.63, 3.8) is 0 Å². The smallest absolute Gasteiger partial charge is 0.234 e. The molecule has 0 radical (unpaired) electrons. The summed E-state index contributed by atoms with van der Waals surface area (Å²) >= 11 is 2.13. The minimum atomic E-state index is -3.27. The highest BCUT2D eigenvalue weighted by Gasteiger charge is 2.16. The zero-order chi connectivity index (χ0) is 13.7. The SMILES string of the molecule is O=S(=O)(CCN1CCNCC1)Nc1ccccc1I. The highest BCUT2D eigenvalue weighted by molar-refractivity contribution is 14.1. The summed E-state index contributed by atoms with van der Waals surface area (Å²) in [4.78, 5) is 2.17. The van der Waals surface area contributed by atoms with Gasteiger partial charge in [-0.3, -0.25) is 9.62 Å². The maximum atomic E-state index is 12.0. The Hall–Kier alpha value is -0.380. The van der Waals surface area contributed by atoms with E-state index in [1.165, 1.54) is 0 Å². The van der Waals surface area contributed by atoms with Gasteiger partial charge in [0.1, 0.15) is 0 Å². The number of benzene rings is 1. The average molecular weight is 395 g/mol. The standard InChI is InChI=1S/C12H18IN3O2S/c13-11-3-1-2-4-12(11)15-19(17,18)10-9-16-7-5-14-6-8-16/h1-4,14-15H,5-10H2. The number of hydrogen-bond donors (Lipinski definition) is 2. The molecule has 0 unspecified atom stereocenters. The largest absolute Gasteiger partial charge is 0.314 e. The number of piperazine rings is 1. The summed E-state index contributed by atoms with van der Waals surface area (Å²) in [5.41, 5.74) is 0.656. The average Bonchev–Trinajstić information content (AvgIpc) is 2.40. The van der Waals surface area contributed by atoms with E-state index < -0.39 is 10.0 Å². The highest BCUT2D eigenvalue weighted by Crippen LogP contribution is 2.18. The molecule has 1 aliphatic rings. The van der Waals surface area contributed by atoms with E-state index in [0.717, 1.165) is 29.7 Å². The van der Waals surface area contributed by atoms with E-state index in [2.05, 4.69) is 37.5 Å². The topological polar surface area (TPSA) is 61.4 Å². The fourth-order valence-corrected chi connectivity index (χ4v) is 3.77. The van der Waals surface area contributed by atoms with Crippen LogP contribution in [0.2, 0.25) is 0 Å². The van der Waals surface area contributed by atoms with Crippen molar-refractivity contribution < 1.29 is 8.42 Å². The van der Waals surface area contributed by atoms with Gasteiger partial charge in [-0.2, -0.15) is 0 Å². The number of rotatable bonds is 5. The lowest BCUT2D eigenvalue weighted by molar-refractivity contribution is 0.254. The maximum Gasteiger partial charge on any atom is 0.234 e. The summed E-state index contributed by atoms with van der Waals surface area (Å²) in [5.74, 6) is 0.137. The lowest BCUT2D eigenvalue weighted by Gasteiger charge is -2.26. The normalized spacial score (nSPS) is 17.3. The fourth-order valence-electron chi connectivity index (χ4n) is 1.95. The van der Waals surface area contributed by atoms with Crippen LogP contribution in [0.4, 0.5) is 5.69 Å². The zero-order valence-corrected chi connectivity index (χ0v) is 13.6. The van der Waals surface area contributed by atoms with Crippen molar-refractivity contribution in [3.05, 3.63) is 27.8 Å². The summed E-state index contributed by atoms with van der Waals surface area (Å²) < 4.78 is 27.6. The highest BCUT2D eigenvalue weighted by atomic mass is 127. The molecule has 1 aliphatic heterocycles. The molecule has 1 heterocycles. The van der Waals surface area contributed by atoms with Crippen LogP contribution in [0.15, 0.2) is 24.3 Å². The van der Waals surface area contributed by atoms with Crippen molar-refractivity contribution in [2.75, 3.05) is 43.2 Å². The van der Waals surface area contributed by atoms with E-state index >= 15 is 0 Å². The monoisotopic (exact) mass is 395 g/mol. The summed E-state index contributed by atoms with van der Waals surface area (Å²) in [6, 6.07) is 7.38. The molecule has 0 bridgehead atoms. The summed E-state index contributed by atoms with van der Waals surface area (Å²) in [5, 5.41) is 3.25. The molecule has 1 saturated heterocycles. The molecule has 0 aliphatic carbocycles. The number of para-hydroxylation sites is 1. The zero-order valence-electron chi connectivity index (χ0n) is 10.6. The summed E-state index contributed by atoms with van der Waals surface area (Å²) in [7, 11) is -3.27. The molecular weight excluding hydrogens is 377 g/mol. The van der Waals surface area contributed by atoms with Crippen molar-refractivity contribution in [2.24, 2.45) is 0 Å². The Labute approximate surface area is 127 Å². The van der Waals surface area contributed by atoms with E-state index in [1.807, 2.05) is 18.2 Å². The lowest BCUT2D eigenvalue weighted by Crippen LogP contribution is -2.45. The third kappa shape index (κ3) is 4.90. The molecule has 7 heteroatoms. The molecule has 19 heavy (non-hydrogen) atoms. The van der Waals surface area contributed by atoms with Crippen LogP contribution in [-0.2, 0) is 10.0 Å². The van der Waals surface area contributed by atoms with Gasteiger partial charge in [0.2, 0.25) is 10.0 Å². The van der Waals surface area contributed by atoms with Gasteiger partial charge in [0, 0.05) is 36.3 Å². The van der Waals surface area contributed by atoms with E-state index in [4.69, 9.17) is 0 Å². The van der Waals surface area contributed by atoms with Gasteiger partial charge in [0.05, 0.1) is 11.4 Å². The van der Waals surface area contributed by atoms with Gasteiger partial charge in [0.15, 0.2) is 0 Å². The van der Waals surface area contributed by atoms with Gasteiger partial charge in [-0.25, -0.2) is 8.42 Å². The predicted molar refractivity (Wildman–Crippen MR) is 85.9 cm³/mol. The Balaban J connectivity index is 1.90. The first kappa shape index (κ1) is 15.0. The van der Waals surface area contributed by atoms with E-state index in [0.29, 0.717) is 12.2 Å². The second kappa shape index (κ2) is 6.87. The first-order chi connectivity index (χ1) is 9.07. The van der Waals surface area contributed by atoms with Crippen LogP contribution in [0.1, 0.15) is 0 Å². The van der Waals surface area contributed by atoms with Crippen molar-refractivity contribution in [3.8, 4) is 0 Å². The number of nitrogens with one attached hydrogen (secondary N) is 2. The Morgan fingerprint density at radius 2 is 1.95 bits per heavy atom. The van der Waals surface area contributed by atoms with Gasteiger partial charge in [0.25, 0.3) is 0 Å². The summed E-state index contributed by atoms with van der Waals surface area (Å²) in [6.07, 6.45) is 0. The van der Waals surface area contributed by atoms with Crippen LogP contribution in [0.3, 0.4) is 0 Å². The Morgan fingerprint density at radius 1 is 1.26 bits per heavy atom. The Morgan fingerprint density at radius 3 is 2.63 bits per heavy atom. The quantitative estimate of drug-likeness (QED) is 0.729. The number of hydrogen-bond acceptors (Lipinski definition) is 4. The number of halogens is 1. The number of sulfonamides is 1. The van der Waals surface area contributed by atoms with Crippen molar-refractivity contribution in [1.29, 1.82) is 0 Å². The molecule has 0 amide bonds. The minimum absolute atomic E-state index is 0.137.